The Balaban J connectivity index is 1.51. The van der Waals surface area contributed by atoms with Crippen LogP contribution in [0.1, 0.15) is 23.1 Å². The van der Waals surface area contributed by atoms with Gasteiger partial charge in [0.2, 0.25) is 11.8 Å². The van der Waals surface area contributed by atoms with Crippen LogP contribution in [0.5, 0.6) is 0 Å². The van der Waals surface area contributed by atoms with E-state index in [2.05, 4.69) is 16.0 Å². The summed E-state index contributed by atoms with van der Waals surface area (Å²) in [4.78, 5) is 26.8. The first-order valence-corrected chi connectivity index (χ1v) is 10.8. The molecule has 0 aliphatic carbocycles. The second-order valence-corrected chi connectivity index (χ2v) is 8.63. The quantitative estimate of drug-likeness (QED) is 0.584. The standard InChI is InChI=1S/C26H24FN3O2/c1-16-7-12-23-21(13-16)26(25(32)29-23)22(24(31)28-19-10-8-18(27)9-11-19)15-20(30-26)14-17-5-3-2-4-6-17/h2-13,20,22,30H,14-15H2,1H3,(H,28,31)(H,29,32). The summed E-state index contributed by atoms with van der Waals surface area (Å²) in [6.45, 7) is 1.97. The van der Waals surface area contributed by atoms with E-state index >= 15 is 0 Å². The van der Waals surface area contributed by atoms with Crippen LogP contribution in [0.2, 0.25) is 0 Å². The molecule has 1 fully saturated rings. The number of carbonyl (C=O) groups is 2. The molecule has 2 heterocycles. The van der Waals surface area contributed by atoms with Crippen LogP contribution in [-0.4, -0.2) is 17.9 Å². The van der Waals surface area contributed by atoms with Gasteiger partial charge in [0.25, 0.3) is 0 Å². The Kier molecular flexibility index (Phi) is 5.02. The summed E-state index contributed by atoms with van der Waals surface area (Å²) in [6.07, 6.45) is 1.21. The number of halogens is 1. The Hall–Kier alpha value is -3.51. The van der Waals surface area contributed by atoms with Gasteiger partial charge < -0.3 is 10.6 Å². The van der Waals surface area contributed by atoms with Crippen molar-refractivity contribution in [3.63, 3.8) is 0 Å². The minimum Gasteiger partial charge on any atom is -0.326 e. The van der Waals surface area contributed by atoms with Gasteiger partial charge in [-0.3, -0.25) is 14.9 Å². The Morgan fingerprint density at radius 2 is 1.84 bits per heavy atom. The lowest BCUT2D eigenvalue weighted by atomic mass is 9.79. The second kappa shape index (κ2) is 7.88. The average molecular weight is 429 g/mol. The minimum atomic E-state index is -1.15. The Morgan fingerprint density at radius 3 is 2.59 bits per heavy atom. The predicted molar refractivity (Wildman–Crippen MR) is 122 cm³/mol. The normalized spacial score (nSPS) is 23.8. The summed E-state index contributed by atoms with van der Waals surface area (Å²) < 4.78 is 13.3. The first kappa shape index (κ1) is 20.4. The van der Waals surface area contributed by atoms with Crippen molar-refractivity contribution in [2.45, 2.75) is 31.3 Å². The highest BCUT2D eigenvalue weighted by Crippen LogP contribution is 2.48. The van der Waals surface area contributed by atoms with Crippen LogP contribution in [0.25, 0.3) is 0 Å². The molecule has 0 aromatic heterocycles. The summed E-state index contributed by atoms with van der Waals surface area (Å²) in [5.74, 6) is -1.47. The molecule has 3 atom stereocenters. The molecule has 3 N–H and O–H groups in total. The molecule has 0 saturated carbocycles. The van der Waals surface area contributed by atoms with E-state index in [1.54, 1.807) is 0 Å². The van der Waals surface area contributed by atoms with Crippen molar-refractivity contribution in [1.29, 1.82) is 0 Å². The van der Waals surface area contributed by atoms with Crippen LogP contribution < -0.4 is 16.0 Å². The van der Waals surface area contributed by atoms with Crippen LogP contribution >= 0.6 is 0 Å². The maximum atomic E-state index is 13.5. The first-order chi connectivity index (χ1) is 15.5. The molecule has 32 heavy (non-hydrogen) atoms. The molecule has 3 aromatic rings. The van der Waals surface area contributed by atoms with Gasteiger partial charge in [-0.1, -0.05) is 48.0 Å². The number of nitrogens with one attached hydrogen (secondary N) is 3. The third-order valence-electron chi connectivity index (χ3n) is 6.43. The molecule has 5 nitrogen and oxygen atoms in total. The zero-order valence-electron chi connectivity index (χ0n) is 17.7. The van der Waals surface area contributed by atoms with E-state index in [1.807, 2.05) is 55.5 Å². The molecule has 2 amide bonds. The molecule has 2 aliphatic rings. The smallest absolute Gasteiger partial charge is 0.250 e. The molecule has 0 bridgehead atoms. The van der Waals surface area contributed by atoms with Crippen molar-refractivity contribution in [3.8, 4) is 0 Å². The summed E-state index contributed by atoms with van der Waals surface area (Å²) >= 11 is 0. The van der Waals surface area contributed by atoms with Crippen LogP contribution in [0, 0.1) is 18.7 Å². The van der Waals surface area contributed by atoms with Gasteiger partial charge in [0.1, 0.15) is 11.4 Å². The van der Waals surface area contributed by atoms with Gasteiger partial charge in [0.05, 0.1) is 5.92 Å². The van der Waals surface area contributed by atoms with Crippen LogP contribution in [-0.2, 0) is 21.5 Å². The highest BCUT2D eigenvalue weighted by molar-refractivity contribution is 6.10. The van der Waals surface area contributed by atoms with Crippen LogP contribution in [0.3, 0.4) is 0 Å². The number of benzene rings is 3. The second-order valence-electron chi connectivity index (χ2n) is 8.63. The van der Waals surface area contributed by atoms with Crippen molar-refractivity contribution in [1.82, 2.24) is 5.32 Å². The number of amides is 2. The number of carbonyl (C=O) groups excluding carboxylic acids is 2. The van der Waals surface area contributed by atoms with Crippen molar-refractivity contribution in [3.05, 3.63) is 95.3 Å². The molecule has 1 spiro atoms. The maximum absolute atomic E-state index is 13.5. The monoisotopic (exact) mass is 429 g/mol. The Bertz CT molecular complexity index is 1180. The van der Waals surface area contributed by atoms with E-state index in [-0.39, 0.29) is 23.7 Å². The molecule has 5 rings (SSSR count). The van der Waals surface area contributed by atoms with Gasteiger partial charge in [-0.2, -0.15) is 0 Å². The van der Waals surface area contributed by atoms with Crippen molar-refractivity contribution in [2.24, 2.45) is 5.92 Å². The van der Waals surface area contributed by atoms with Gasteiger partial charge in [0.15, 0.2) is 0 Å². The lowest BCUT2D eigenvalue weighted by molar-refractivity contribution is -0.130. The van der Waals surface area contributed by atoms with E-state index in [9.17, 15) is 14.0 Å². The molecule has 1 saturated heterocycles. The lowest BCUT2D eigenvalue weighted by Crippen LogP contribution is -2.52. The number of anilines is 2. The van der Waals surface area contributed by atoms with E-state index in [0.717, 1.165) is 22.4 Å². The number of hydrogen-bond acceptors (Lipinski definition) is 3. The fourth-order valence-electron chi connectivity index (χ4n) is 4.97. The number of rotatable bonds is 4. The molecule has 3 unspecified atom stereocenters. The third kappa shape index (κ3) is 3.46. The number of hydrogen-bond donors (Lipinski definition) is 3. The Labute approximate surface area is 186 Å². The van der Waals surface area contributed by atoms with Crippen molar-refractivity contribution in [2.75, 3.05) is 10.6 Å². The molecule has 6 heteroatoms. The fraction of sp³-hybridized carbons (Fsp3) is 0.231. The topological polar surface area (TPSA) is 70.2 Å². The maximum Gasteiger partial charge on any atom is 0.250 e. The average Bonchev–Trinajstić information content (AvgIpc) is 3.29. The highest BCUT2D eigenvalue weighted by Gasteiger charge is 2.60. The summed E-state index contributed by atoms with van der Waals surface area (Å²) in [5.41, 5.74) is 3.05. The zero-order chi connectivity index (χ0) is 22.3. The van der Waals surface area contributed by atoms with Crippen LogP contribution in [0.4, 0.5) is 15.8 Å². The zero-order valence-corrected chi connectivity index (χ0v) is 17.7. The Morgan fingerprint density at radius 1 is 1.09 bits per heavy atom. The van der Waals surface area contributed by atoms with E-state index < -0.39 is 11.5 Å². The third-order valence-corrected chi connectivity index (χ3v) is 6.43. The van der Waals surface area contributed by atoms with Gasteiger partial charge in [0, 0.05) is 23.0 Å². The number of fused-ring (bicyclic) bond motifs is 2. The van der Waals surface area contributed by atoms with Gasteiger partial charge in [-0.15, -0.1) is 0 Å². The van der Waals surface area contributed by atoms with E-state index in [4.69, 9.17) is 0 Å². The van der Waals surface area contributed by atoms with Crippen molar-refractivity contribution < 1.29 is 14.0 Å². The molecule has 0 radical (unpaired) electrons. The lowest BCUT2D eigenvalue weighted by Gasteiger charge is -2.29. The van der Waals surface area contributed by atoms with Gasteiger partial charge in [-0.05, 0) is 55.7 Å². The van der Waals surface area contributed by atoms with Gasteiger partial charge in [-0.25, -0.2) is 4.39 Å². The van der Waals surface area contributed by atoms with E-state index in [0.29, 0.717) is 18.5 Å². The molecular weight excluding hydrogens is 405 g/mol. The van der Waals surface area contributed by atoms with Crippen molar-refractivity contribution >= 4 is 23.2 Å². The number of aryl methyl sites for hydroxylation is 1. The summed E-state index contributed by atoms with van der Waals surface area (Å²) in [6, 6.07) is 21.4. The highest BCUT2D eigenvalue weighted by atomic mass is 19.1. The predicted octanol–water partition coefficient (Wildman–Crippen LogP) is 4.14. The molecular formula is C26H24FN3O2. The SMILES string of the molecule is Cc1ccc2c(c1)C1(NC(Cc3ccccc3)CC1C(=O)Nc1ccc(F)cc1)C(=O)N2. The fourth-order valence-corrected chi connectivity index (χ4v) is 4.97. The summed E-state index contributed by atoms with van der Waals surface area (Å²) in [7, 11) is 0. The minimum absolute atomic E-state index is 0.0569. The molecule has 3 aromatic carbocycles. The molecule has 162 valence electrons. The van der Waals surface area contributed by atoms with E-state index in [1.165, 1.54) is 24.3 Å². The first-order valence-electron chi connectivity index (χ1n) is 10.8. The van der Waals surface area contributed by atoms with Gasteiger partial charge >= 0.3 is 0 Å². The largest absolute Gasteiger partial charge is 0.326 e. The van der Waals surface area contributed by atoms with Crippen LogP contribution in [0.15, 0.2) is 72.8 Å². The summed E-state index contributed by atoms with van der Waals surface area (Å²) in [5, 5.41) is 9.40. The molecule has 2 aliphatic heterocycles.